The van der Waals surface area contributed by atoms with Crippen molar-refractivity contribution in [3.05, 3.63) is 95.8 Å². The maximum Gasteiger partial charge on any atom is 0.322 e. The van der Waals surface area contributed by atoms with Gasteiger partial charge in [0.15, 0.2) is 0 Å². The third-order valence-corrected chi connectivity index (χ3v) is 5.77. The lowest BCUT2D eigenvalue weighted by Gasteiger charge is -2.02. The van der Waals surface area contributed by atoms with Gasteiger partial charge in [0.25, 0.3) is 0 Å². The predicted octanol–water partition coefficient (Wildman–Crippen LogP) is 7.38. The highest BCUT2D eigenvalue weighted by molar-refractivity contribution is 6.30. The van der Waals surface area contributed by atoms with Crippen LogP contribution in [0.1, 0.15) is 5.56 Å². The highest BCUT2D eigenvalue weighted by Crippen LogP contribution is 2.38. The average molecular weight is 437 g/mol. The third kappa shape index (κ3) is 3.20. The van der Waals surface area contributed by atoms with Gasteiger partial charge in [0, 0.05) is 50.4 Å². The van der Waals surface area contributed by atoms with Crippen molar-refractivity contribution in [2.75, 3.05) is 0 Å². The molecule has 2 N–H and O–H groups in total. The van der Waals surface area contributed by atoms with Gasteiger partial charge in [-0.3, -0.25) is 0 Å². The molecule has 5 nitrogen and oxygen atoms in total. The number of aliphatic imine (C=N–C) groups is 1. The summed E-state index contributed by atoms with van der Waals surface area (Å²) in [7, 11) is 0. The summed E-state index contributed by atoms with van der Waals surface area (Å²) >= 11 is 6.10. The molecular formula is C26H17ClN4O. The van der Waals surface area contributed by atoms with E-state index < -0.39 is 0 Å². The first-order valence-electron chi connectivity index (χ1n) is 10.2. The number of nitrogens with zero attached hydrogens (tertiary/aromatic N) is 2. The van der Waals surface area contributed by atoms with E-state index in [1.807, 2.05) is 60.8 Å². The van der Waals surface area contributed by atoms with Crippen LogP contribution in [-0.2, 0) is 0 Å². The van der Waals surface area contributed by atoms with E-state index in [1.54, 1.807) is 12.5 Å². The van der Waals surface area contributed by atoms with Crippen molar-refractivity contribution < 1.29 is 4.42 Å². The Hall–Kier alpha value is -4.09. The van der Waals surface area contributed by atoms with E-state index in [0.29, 0.717) is 11.0 Å². The molecule has 0 saturated carbocycles. The van der Waals surface area contributed by atoms with Crippen LogP contribution >= 0.6 is 11.6 Å². The number of halogens is 1. The number of nitrogens with one attached hydrogen (secondary N) is 2. The number of hydrogen-bond donors (Lipinski definition) is 2. The number of oxazole rings is 1. The van der Waals surface area contributed by atoms with Gasteiger partial charge in [-0.05, 0) is 29.8 Å². The molecule has 0 radical (unpaired) electrons. The van der Waals surface area contributed by atoms with Crippen LogP contribution in [-0.4, -0.2) is 21.2 Å². The van der Waals surface area contributed by atoms with Gasteiger partial charge in [0.2, 0.25) is 0 Å². The highest BCUT2D eigenvalue weighted by atomic mass is 35.5. The Morgan fingerprint density at radius 3 is 2.47 bits per heavy atom. The first-order valence-corrected chi connectivity index (χ1v) is 10.6. The summed E-state index contributed by atoms with van der Waals surface area (Å²) in [5, 5.41) is 2.87. The van der Waals surface area contributed by atoms with Crippen molar-refractivity contribution in [3.63, 3.8) is 0 Å². The van der Waals surface area contributed by atoms with Crippen LogP contribution in [0, 0.1) is 0 Å². The first-order chi connectivity index (χ1) is 15.8. The Kier molecular flexibility index (Phi) is 4.40. The fourth-order valence-electron chi connectivity index (χ4n) is 4.00. The van der Waals surface area contributed by atoms with Crippen molar-refractivity contribution in [3.8, 4) is 22.5 Å². The summed E-state index contributed by atoms with van der Waals surface area (Å²) in [5.74, 6) is 0. The number of rotatable bonds is 4. The van der Waals surface area contributed by atoms with Gasteiger partial charge in [0.05, 0.1) is 5.69 Å². The lowest BCUT2D eigenvalue weighted by atomic mass is 10.0. The van der Waals surface area contributed by atoms with E-state index >= 15 is 0 Å². The minimum atomic E-state index is 0.303. The summed E-state index contributed by atoms with van der Waals surface area (Å²) < 4.78 is 5.70. The molecule has 154 valence electrons. The lowest BCUT2D eigenvalue weighted by Crippen LogP contribution is -1.83. The van der Waals surface area contributed by atoms with Crippen molar-refractivity contribution >= 4 is 45.6 Å². The molecule has 6 aromatic rings. The van der Waals surface area contributed by atoms with Crippen LogP contribution in [0.5, 0.6) is 0 Å². The van der Waals surface area contributed by atoms with Crippen LogP contribution < -0.4 is 0 Å². The number of aromatic nitrogens is 3. The van der Waals surface area contributed by atoms with E-state index in [-0.39, 0.29) is 0 Å². The molecule has 6 heteroatoms. The van der Waals surface area contributed by atoms with Gasteiger partial charge in [0.1, 0.15) is 12.0 Å². The Bertz CT molecular complexity index is 1590. The van der Waals surface area contributed by atoms with Crippen molar-refractivity contribution in [2.24, 2.45) is 4.99 Å². The van der Waals surface area contributed by atoms with Crippen LogP contribution in [0.2, 0.25) is 5.02 Å². The second-order valence-corrected chi connectivity index (χ2v) is 7.93. The minimum absolute atomic E-state index is 0.303. The highest BCUT2D eigenvalue weighted by Gasteiger charge is 2.18. The molecule has 3 aromatic heterocycles. The number of para-hydroxylation sites is 2. The smallest absolute Gasteiger partial charge is 0.322 e. The molecule has 0 amide bonds. The molecule has 0 saturated heterocycles. The summed E-state index contributed by atoms with van der Waals surface area (Å²) in [6, 6.07) is 24.3. The van der Waals surface area contributed by atoms with E-state index in [0.717, 1.165) is 49.9 Å². The zero-order valence-corrected chi connectivity index (χ0v) is 17.6. The second-order valence-electron chi connectivity index (χ2n) is 7.49. The number of benzene rings is 3. The van der Waals surface area contributed by atoms with Gasteiger partial charge in [-0.1, -0.05) is 60.1 Å². The van der Waals surface area contributed by atoms with Crippen LogP contribution in [0.3, 0.4) is 0 Å². The van der Waals surface area contributed by atoms with E-state index in [2.05, 4.69) is 38.1 Å². The molecule has 0 unspecified atom stereocenters. The quantitative estimate of drug-likeness (QED) is 0.283. The maximum absolute atomic E-state index is 6.10. The molecule has 0 aliphatic heterocycles. The molecule has 0 aliphatic carbocycles. The fraction of sp³-hybridized carbons (Fsp3) is 0. The summed E-state index contributed by atoms with van der Waals surface area (Å²) in [4.78, 5) is 15.9. The lowest BCUT2D eigenvalue weighted by molar-refractivity contribution is 0.570. The zero-order valence-electron chi connectivity index (χ0n) is 16.8. The normalized spacial score (nSPS) is 11.8. The summed E-state index contributed by atoms with van der Waals surface area (Å²) in [5.41, 5.74) is 6.75. The predicted molar refractivity (Wildman–Crippen MR) is 130 cm³/mol. The van der Waals surface area contributed by atoms with Gasteiger partial charge in [-0.2, -0.15) is 4.98 Å². The van der Waals surface area contributed by atoms with Gasteiger partial charge < -0.3 is 14.4 Å². The number of fused-ring (bicyclic) bond motifs is 2. The Morgan fingerprint density at radius 1 is 0.875 bits per heavy atom. The minimum Gasteiger partial charge on any atom is -0.430 e. The van der Waals surface area contributed by atoms with Gasteiger partial charge >= 0.3 is 6.01 Å². The molecule has 6 rings (SSSR count). The molecule has 32 heavy (non-hydrogen) atoms. The zero-order chi connectivity index (χ0) is 21.5. The molecule has 3 aromatic carbocycles. The largest absolute Gasteiger partial charge is 0.430 e. The molecule has 3 heterocycles. The monoisotopic (exact) mass is 436 g/mol. The first kappa shape index (κ1) is 18.7. The Balaban J connectivity index is 1.42. The average Bonchev–Trinajstić information content (AvgIpc) is 3.54. The molecule has 0 bridgehead atoms. The number of hydrogen-bond acceptors (Lipinski definition) is 3. The number of aromatic amines is 2. The Morgan fingerprint density at radius 2 is 1.62 bits per heavy atom. The van der Waals surface area contributed by atoms with Crippen molar-refractivity contribution in [2.45, 2.75) is 0 Å². The molecule has 0 atom stereocenters. The fourth-order valence-corrected chi connectivity index (χ4v) is 4.13. The summed E-state index contributed by atoms with van der Waals surface area (Å²) in [6.45, 7) is 0. The third-order valence-electron chi connectivity index (χ3n) is 5.52. The van der Waals surface area contributed by atoms with Crippen LogP contribution in [0.15, 0.2) is 94.7 Å². The standard InChI is InChI=1S/C26H17ClN4O/c27-18-11-9-16(10-12-18)25-24(20-6-2-4-8-22(20)30-25)23-15-32-26(31-23)29-14-17-13-28-21-7-3-1-5-19(17)21/h1-15,28,30H. The van der Waals surface area contributed by atoms with Crippen molar-refractivity contribution in [1.82, 2.24) is 15.0 Å². The maximum atomic E-state index is 6.10. The number of H-pyrrole nitrogens is 2. The Labute approximate surface area is 188 Å². The van der Waals surface area contributed by atoms with E-state index in [9.17, 15) is 0 Å². The SMILES string of the molecule is Clc1ccc(-c2[nH]c3ccccc3c2-c2coc(N=Cc3c[nH]c4ccccc34)n2)cc1. The van der Waals surface area contributed by atoms with Crippen molar-refractivity contribution in [1.29, 1.82) is 0 Å². The topological polar surface area (TPSA) is 70.0 Å². The molecule has 0 spiro atoms. The van der Waals surface area contributed by atoms with Crippen LogP contribution in [0.25, 0.3) is 44.3 Å². The molecular weight excluding hydrogens is 420 g/mol. The van der Waals surface area contributed by atoms with Gasteiger partial charge in [-0.15, -0.1) is 0 Å². The molecule has 0 aliphatic rings. The van der Waals surface area contributed by atoms with E-state index in [4.69, 9.17) is 16.0 Å². The molecule has 0 fully saturated rings. The van der Waals surface area contributed by atoms with E-state index in [1.165, 1.54) is 0 Å². The van der Waals surface area contributed by atoms with Crippen LogP contribution in [0.4, 0.5) is 6.01 Å². The van der Waals surface area contributed by atoms with Gasteiger partial charge in [-0.25, -0.2) is 4.99 Å². The summed E-state index contributed by atoms with van der Waals surface area (Å²) in [6.07, 6.45) is 5.34. The second kappa shape index (κ2) is 7.55.